The number of H-pyrrole nitrogens is 2. The first-order valence-electron chi connectivity index (χ1n) is 11.0. The number of nitrogens with zero attached hydrogens (tertiary/aromatic N) is 4. The van der Waals surface area contributed by atoms with E-state index in [1.165, 1.54) is 18.0 Å². The number of fused-ring (bicyclic) bond motifs is 1. The summed E-state index contributed by atoms with van der Waals surface area (Å²) in [5.41, 5.74) is 4.68. The molecule has 0 unspecified atom stereocenters. The average molecular weight is 430 g/mol. The number of aromatic amines is 2. The maximum atomic E-state index is 11.6. The third-order valence-corrected chi connectivity index (χ3v) is 6.05. The molecule has 164 valence electrons. The van der Waals surface area contributed by atoms with Crippen molar-refractivity contribution >= 4 is 22.5 Å². The number of pyridine rings is 1. The molecule has 0 spiro atoms. The van der Waals surface area contributed by atoms with Crippen LogP contribution in [-0.2, 0) is 6.54 Å². The monoisotopic (exact) mass is 429 g/mol. The Labute approximate surface area is 186 Å². The predicted octanol–water partition coefficient (Wildman–Crippen LogP) is 3.19. The minimum atomic E-state index is -0.164. The van der Waals surface area contributed by atoms with Crippen LogP contribution in [0.4, 0.5) is 11.5 Å². The average Bonchev–Trinajstić information content (AvgIpc) is 3.26. The Morgan fingerprint density at radius 1 is 1.00 bits per heavy atom. The summed E-state index contributed by atoms with van der Waals surface area (Å²) in [5.74, 6) is 0.658. The molecule has 0 radical (unpaired) electrons. The summed E-state index contributed by atoms with van der Waals surface area (Å²) in [6, 6.07) is 14.1. The van der Waals surface area contributed by atoms with Crippen LogP contribution in [0.5, 0.6) is 0 Å². The molecule has 0 aliphatic carbocycles. The van der Waals surface area contributed by atoms with E-state index in [9.17, 15) is 4.79 Å². The second kappa shape index (κ2) is 8.94. The summed E-state index contributed by atoms with van der Waals surface area (Å²) in [6.07, 6.45) is 3.12. The largest absolute Gasteiger partial charge is 0.339 e. The summed E-state index contributed by atoms with van der Waals surface area (Å²) in [6.45, 7) is 8.90. The molecule has 8 nitrogen and oxygen atoms in total. The van der Waals surface area contributed by atoms with Crippen molar-refractivity contribution in [3.8, 4) is 11.3 Å². The van der Waals surface area contributed by atoms with Crippen molar-refractivity contribution < 1.29 is 0 Å². The molecule has 1 fully saturated rings. The van der Waals surface area contributed by atoms with Gasteiger partial charge in [0.05, 0.1) is 5.39 Å². The second-order valence-corrected chi connectivity index (χ2v) is 8.14. The molecule has 1 aromatic carbocycles. The Bertz CT molecular complexity index is 1250. The van der Waals surface area contributed by atoms with E-state index in [1.54, 1.807) is 12.3 Å². The van der Waals surface area contributed by atoms with Crippen molar-refractivity contribution in [2.24, 2.45) is 0 Å². The topological polar surface area (TPSA) is 92.9 Å². The first kappa shape index (κ1) is 20.4. The van der Waals surface area contributed by atoms with Gasteiger partial charge in [0.2, 0.25) is 5.56 Å². The van der Waals surface area contributed by atoms with Gasteiger partial charge in [-0.25, -0.2) is 9.97 Å². The van der Waals surface area contributed by atoms with Crippen LogP contribution in [0.2, 0.25) is 0 Å². The van der Waals surface area contributed by atoms with Gasteiger partial charge in [-0.05, 0) is 29.8 Å². The number of rotatable bonds is 6. The summed E-state index contributed by atoms with van der Waals surface area (Å²) in [4.78, 5) is 31.3. The van der Waals surface area contributed by atoms with Gasteiger partial charge in [-0.15, -0.1) is 0 Å². The van der Waals surface area contributed by atoms with E-state index in [0.717, 1.165) is 61.6 Å². The fraction of sp³-hybridized carbons (Fsp3) is 0.292. The lowest BCUT2D eigenvalue weighted by Gasteiger charge is -2.34. The summed E-state index contributed by atoms with van der Waals surface area (Å²) >= 11 is 0. The van der Waals surface area contributed by atoms with Crippen LogP contribution < -0.4 is 10.9 Å². The molecule has 3 aromatic heterocycles. The van der Waals surface area contributed by atoms with Gasteiger partial charge in [-0.1, -0.05) is 31.2 Å². The molecule has 8 heteroatoms. The summed E-state index contributed by atoms with van der Waals surface area (Å²) in [5, 5.41) is 4.09. The van der Waals surface area contributed by atoms with E-state index in [4.69, 9.17) is 0 Å². The SMILES string of the molecule is CCN1CCN(Cc2ccc(-c3cc4c(Nc5cc[nH]c(=O)c5)ncnc4[nH]3)cc2)CC1. The standard InChI is InChI=1S/C24H27N7O/c1-2-30-9-11-31(12-10-30)15-17-3-5-18(6-4-17)21-14-20-23(26-16-27-24(20)29-21)28-19-7-8-25-22(32)13-19/h3-8,13-14,16H,2,9-12,15H2,1H3,(H3,25,26,27,28,29,32). The van der Waals surface area contributed by atoms with Crippen molar-refractivity contribution in [1.82, 2.24) is 29.7 Å². The van der Waals surface area contributed by atoms with E-state index in [2.05, 4.69) is 66.2 Å². The third-order valence-electron chi connectivity index (χ3n) is 6.05. The molecular formula is C24H27N7O. The number of benzene rings is 1. The molecule has 4 aromatic rings. The molecule has 1 aliphatic rings. The summed E-state index contributed by atoms with van der Waals surface area (Å²) < 4.78 is 0. The first-order valence-corrected chi connectivity index (χ1v) is 11.0. The molecule has 4 heterocycles. The minimum absolute atomic E-state index is 0.164. The molecule has 0 atom stereocenters. The molecule has 0 bridgehead atoms. The van der Waals surface area contributed by atoms with Crippen LogP contribution in [0, 0.1) is 0 Å². The van der Waals surface area contributed by atoms with E-state index < -0.39 is 0 Å². The second-order valence-electron chi connectivity index (χ2n) is 8.14. The molecule has 0 saturated carbocycles. The predicted molar refractivity (Wildman–Crippen MR) is 127 cm³/mol. The van der Waals surface area contributed by atoms with Gasteiger partial charge < -0.3 is 20.2 Å². The quantitative estimate of drug-likeness (QED) is 0.436. The fourth-order valence-electron chi connectivity index (χ4n) is 4.17. The Kier molecular flexibility index (Phi) is 5.70. The zero-order valence-electron chi connectivity index (χ0n) is 18.1. The van der Waals surface area contributed by atoms with E-state index in [0.29, 0.717) is 11.5 Å². The Morgan fingerprint density at radius 3 is 2.53 bits per heavy atom. The van der Waals surface area contributed by atoms with Crippen molar-refractivity contribution in [3.63, 3.8) is 0 Å². The Morgan fingerprint density at radius 2 is 1.78 bits per heavy atom. The number of aromatic nitrogens is 4. The number of hydrogen-bond acceptors (Lipinski definition) is 6. The molecule has 3 N–H and O–H groups in total. The lowest BCUT2D eigenvalue weighted by molar-refractivity contribution is 0.132. The lowest BCUT2D eigenvalue weighted by atomic mass is 10.1. The van der Waals surface area contributed by atoms with Gasteiger partial charge in [-0.2, -0.15) is 0 Å². The zero-order valence-corrected chi connectivity index (χ0v) is 18.1. The van der Waals surface area contributed by atoms with Gasteiger partial charge in [-0.3, -0.25) is 9.69 Å². The van der Waals surface area contributed by atoms with Gasteiger partial charge in [0.15, 0.2) is 0 Å². The van der Waals surface area contributed by atoms with Crippen LogP contribution in [-0.4, -0.2) is 62.5 Å². The maximum absolute atomic E-state index is 11.6. The first-order chi connectivity index (χ1) is 15.7. The van der Waals surface area contributed by atoms with Crippen LogP contribution in [0.25, 0.3) is 22.3 Å². The van der Waals surface area contributed by atoms with Crippen molar-refractivity contribution in [2.75, 3.05) is 38.0 Å². The Balaban J connectivity index is 1.33. The molecule has 32 heavy (non-hydrogen) atoms. The van der Waals surface area contributed by atoms with E-state index in [1.807, 2.05) is 6.07 Å². The van der Waals surface area contributed by atoms with E-state index >= 15 is 0 Å². The summed E-state index contributed by atoms with van der Waals surface area (Å²) in [7, 11) is 0. The number of nitrogens with one attached hydrogen (secondary N) is 3. The molecule has 1 saturated heterocycles. The van der Waals surface area contributed by atoms with Crippen LogP contribution >= 0.6 is 0 Å². The highest BCUT2D eigenvalue weighted by atomic mass is 16.1. The highest BCUT2D eigenvalue weighted by Crippen LogP contribution is 2.28. The highest BCUT2D eigenvalue weighted by molar-refractivity contribution is 5.92. The van der Waals surface area contributed by atoms with Gasteiger partial charge >= 0.3 is 0 Å². The van der Waals surface area contributed by atoms with Crippen LogP contribution in [0.15, 0.2) is 59.8 Å². The van der Waals surface area contributed by atoms with E-state index in [-0.39, 0.29) is 5.56 Å². The smallest absolute Gasteiger partial charge is 0.249 e. The third kappa shape index (κ3) is 4.42. The Hall–Kier alpha value is -3.49. The van der Waals surface area contributed by atoms with Crippen molar-refractivity contribution in [1.29, 1.82) is 0 Å². The molecular weight excluding hydrogens is 402 g/mol. The molecule has 5 rings (SSSR count). The van der Waals surface area contributed by atoms with Crippen molar-refractivity contribution in [3.05, 3.63) is 70.9 Å². The fourth-order valence-corrected chi connectivity index (χ4v) is 4.17. The highest BCUT2D eigenvalue weighted by Gasteiger charge is 2.16. The zero-order chi connectivity index (χ0) is 21.9. The van der Waals surface area contributed by atoms with Crippen LogP contribution in [0.3, 0.4) is 0 Å². The number of hydrogen-bond donors (Lipinski definition) is 3. The molecule has 0 amide bonds. The maximum Gasteiger partial charge on any atom is 0.249 e. The number of piperazine rings is 1. The molecule has 1 aliphatic heterocycles. The lowest BCUT2D eigenvalue weighted by Crippen LogP contribution is -2.45. The van der Waals surface area contributed by atoms with Gasteiger partial charge in [0.1, 0.15) is 17.8 Å². The van der Waals surface area contributed by atoms with Gasteiger partial charge in [0, 0.05) is 56.4 Å². The van der Waals surface area contributed by atoms with Crippen molar-refractivity contribution in [2.45, 2.75) is 13.5 Å². The minimum Gasteiger partial charge on any atom is -0.339 e. The normalized spacial score (nSPS) is 15.3. The number of anilines is 2. The number of likely N-dealkylation sites (N-methyl/N-ethyl adjacent to an activating group) is 1. The van der Waals surface area contributed by atoms with Gasteiger partial charge in [0.25, 0.3) is 0 Å². The van der Waals surface area contributed by atoms with Crippen LogP contribution in [0.1, 0.15) is 12.5 Å².